The first-order valence-corrected chi connectivity index (χ1v) is 8.88. The summed E-state index contributed by atoms with van der Waals surface area (Å²) in [5.41, 5.74) is 5.98. The molecule has 0 spiro atoms. The van der Waals surface area contributed by atoms with E-state index in [4.69, 9.17) is 0 Å². The second-order valence-corrected chi connectivity index (χ2v) is 7.53. The molecule has 0 unspecified atom stereocenters. The summed E-state index contributed by atoms with van der Waals surface area (Å²) >= 11 is 6.09. The highest BCUT2D eigenvalue weighted by atomic mass is 79.9. The molecular formula is C14H13BrN2O2S2. The SMILES string of the molecule is O=C(CSCc1ccccc1)NNC(=O)c1ccc(Br)s1. The van der Waals surface area contributed by atoms with Gasteiger partial charge in [0, 0.05) is 5.75 Å². The fraction of sp³-hybridized carbons (Fsp3) is 0.143. The first-order valence-electron chi connectivity index (χ1n) is 6.11. The molecule has 0 saturated heterocycles. The number of nitrogens with one attached hydrogen (secondary N) is 2. The van der Waals surface area contributed by atoms with E-state index in [9.17, 15) is 9.59 Å². The number of benzene rings is 1. The maximum absolute atomic E-state index is 11.7. The quantitative estimate of drug-likeness (QED) is 0.778. The second kappa shape index (κ2) is 8.21. The van der Waals surface area contributed by atoms with Crippen LogP contribution >= 0.6 is 39.0 Å². The van der Waals surface area contributed by atoms with E-state index in [0.29, 0.717) is 10.6 Å². The third-order valence-corrected chi connectivity index (χ3v) is 5.08. The minimum absolute atomic E-state index is 0.222. The lowest BCUT2D eigenvalue weighted by Crippen LogP contribution is -2.42. The Balaban J connectivity index is 1.67. The van der Waals surface area contributed by atoms with Crippen molar-refractivity contribution in [1.29, 1.82) is 0 Å². The first-order chi connectivity index (χ1) is 10.1. The molecule has 2 aromatic rings. The van der Waals surface area contributed by atoms with Gasteiger partial charge in [-0.15, -0.1) is 23.1 Å². The van der Waals surface area contributed by atoms with Crippen LogP contribution in [0.3, 0.4) is 0 Å². The van der Waals surface area contributed by atoms with Gasteiger partial charge in [0.05, 0.1) is 14.4 Å². The maximum atomic E-state index is 11.7. The van der Waals surface area contributed by atoms with Crippen molar-refractivity contribution in [1.82, 2.24) is 10.9 Å². The van der Waals surface area contributed by atoms with Crippen LogP contribution in [0, 0.1) is 0 Å². The smallest absolute Gasteiger partial charge is 0.272 e. The Hall–Kier alpha value is -1.31. The Labute approximate surface area is 139 Å². The van der Waals surface area contributed by atoms with E-state index in [0.717, 1.165) is 9.54 Å². The van der Waals surface area contributed by atoms with Gasteiger partial charge in [-0.1, -0.05) is 30.3 Å². The summed E-state index contributed by atoms with van der Waals surface area (Å²) in [6.07, 6.45) is 0. The van der Waals surface area contributed by atoms with E-state index in [2.05, 4.69) is 26.8 Å². The molecule has 2 amide bonds. The van der Waals surface area contributed by atoms with Crippen molar-refractivity contribution in [3.8, 4) is 0 Å². The molecule has 0 aliphatic carbocycles. The highest BCUT2D eigenvalue weighted by molar-refractivity contribution is 9.11. The number of thioether (sulfide) groups is 1. The number of hydrogen-bond donors (Lipinski definition) is 2. The van der Waals surface area contributed by atoms with Crippen LogP contribution in [0.15, 0.2) is 46.3 Å². The van der Waals surface area contributed by atoms with Crippen molar-refractivity contribution in [3.05, 3.63) is 56.7 Å². The van der Waals surface area contributed by atoms with Crippen LogP contribution in [0.1, 0.15) is 15.2 Å². The normalized spacial score (nSPS) is 10.1. The molecule has 1 aromatic carbocycles. The van der Waals surface area contributed by atoms with Crippen LogP contribution in [0.2, 0.25) is 0 Å². The Morgan fingerprint density at radius 1 is 1.10 bits per heavy atom. The molecule has 0 radical (unpaired) electrons. The van der Waals surface area contributed by atoms with Gasteiger partial charge < -0.3 is 0 Å². The van der Waals surface area contributed by atoms with Gasteiger partial charge in [-0.25, -0.2) is 0 Å². The van der Waals surface area contributed by atoms with Crippen molar-refractivity contribution in [2.45, 2.75) is 5.75 Å². The maximum Gasteiger partial charge on any atom is 0.279 e. The van der Waals surface area contributed by atoms with Crippen molar-refractivity contribution in [2.24, 2.45) is 0 Å². The zero-order valence-corrected chi connectivity index (χ0v) is 14.2. The predicted octanol–water partition coefficient (Wildman–Crippen LogP) is 3.21. The number of rotatable bonds is 5. The highest BCUT2D eigenvalue weighted by Crippen LogP contribution is 2.21. The minimum Gasteiger partial charge on any atom is -0.272 e. The topological polar surface area (TPSA) is 58.2 Å². The van der Waals surface area contributed by atoms with Crippen LogP contribution in [0.4, 0.5) is 0 Å². The number of amides is 2. The molecule has 1 aromatic heterocycles. The zero-order valence-electron chi connectivity index (χ0n) is 11.0. The van der Waals surface area contributed by atoms with Crippen molar-refractivity contribution in [2.75, 3.05) is 5.75 Å². The molecule has 0 atom stereocenters. The first kappa shape index (κ1) is 16.1. The van der Waals surface area contributed by atoms with Crippen LogP contribution in [0.25, 0.3) is 0 Å². The Bertz CT molecular complexity index is 616. The number of thiophene rings is 1. The third-order valence-electron chi connectivity index (χ3n) is 2.46. The predicted molar refractivity (Wildman–Crippen MR) is 90.2 cm³/mol. The highest BCUT2D eigenvalue weighted by Gasteiger charge is 2.09. The lowest BCUT2D eigenvalue weighted by molar-refractivity contribution is -0.119. The fourth-order valence-corrected chi connectivity index (χ4v) is 3.57. The molecule has 110 valence electrons. The van der Waals surface area contributed by atoms with Crippen molar-refractivity contribution < 1.29 is 9.59 Å². The monoisotopic (exact) mass is 384 g/mol. The molecular weight excluding hydrogens is 372 g/mol. The summed E-state index contributed by atoms with van der Waals surface area (Å²) in [4.78, 5) is 23.9. The van der Waals surface area contributed by atoms with Gasteiger partial charge in [-0.05, 0) is 33.6 Å². The van der Waals surface area contributed by atoms with Crippen molar-refractivity contribution >= 4 is 50.8 Å². The summed E-state index contributed by atoms with van der Waals surface area (Å²) in [6.45, 7) is 0. The molecule has 21 heavy (non-hydrogen) atoms. The Kier molecular flexibility index (Phi) is 6.28. The third kappa shape index (κ3) is 5.53. The van der Waals surface area contributed by atoms with Crippen molar-refractivity contribution in [3.63, 3.8) is 0 Å². The van der Waals surface area contributed by atoms with Gasteiger partial charge in [0.25, 0.3) is 5.91 Å². The largest absolute Gasteiger partial charge is 0.279 e. The summed E-state index contributed by atoms with van der Waals surface area (Å²) in [6, 6.07) is 13.4. The second-order valence-electron chi connectivity index (χ2n) is 4.08. The number of hydrogen-bond acceptors (Lipinski definition) is 4. The van der Waals surface area contributed by atoms with Gasteiger partial charge in [0.15, 0.2) is 0 Å². The molecule has 0 fully saturated rings. The molecule has 7 heteroatoms. The van der Waals surface area contributed by atoms with Gasteiger partial charge in [0.1, 0.15) is 0 Å². The van der Waals surface area contributed by atoms with Gasteiger partial charge in [-0.3, -0.25) is 20.4 Å². The van der Waals surface area contributed by atoms with Crippen LogP contribution in [-0.2, 0) is 10.5 Å². The van der Waals surface area contributed by atoms with Gasteiger partial charge >= 0.3 is 0 Å². The van der Waals surface area contributed by atoms with Crippen LogP contribution in [-0.4, -0.2) is 17.6 Å². The average molecular weight is 385 g/mol. The van der Waals surface area contributed by atoms with E-state index >= 15 is 0 Å². The van der Waals surface area contributed by atoms with Crippen LogP contribution in [0.5, 0.6) is 0 Å². The number of hydrazine groups is 1. The standard InChI is InChI=1S/C14H13BrN2O2S2/c15-12-7-6-11(21-12)14(19)17-16-13(18)9-20-8-10-4-2-1-3-5-10/h1-7H,8-9H2,(H,16,18)(H,17,19). The summed E-state index contributed by atoms with van der Waals surface area (Å²) in [5, 5.41) is 0. The van der Waals surface area contributed by atoms with E-state index in [1.807, 2.05) is 30.3 Å². The average Bonchev–Trinajstić information content (AvgIpc) is 2.92. The molecule has 1 heterocycles. The zero-order chi connectivity index (χ0) is 15.1. The fourth-order valence-electron chi connectivity index (χ4n) is 1.50. The lowest BCUT2D eigenvalue weighted by atomic mass is 10.2. The molecule has 2 N–H and O–H groups in total. The molecule has 4 nitrogen and oxygen atoms in total. The Morgan fingerprint density at radius 2 is 1.86 bits per heavy atom. The Morgan fingerprint density at radius 3 is 2.52 bits per heavy atom. The molecule has 0 saturated carbocycles. The number of carbonyl (C=O) groups is 2. The number of halogens is 1. The molecule has 2 rings (SSSR count). The van der Waals surface area contributed by atoms with E-state index in [-0.39, 0.29) is 11.8 Å². The number of carbonyl (C=O) groups excluding carboxylic acids is 2. The minimum atomic E-state index is -0.313. The molecule has 0 aliphatic rings. The van der Waals surface area contributed by atoms with Gasteiger partial charge in [-0.2, -0.15) is 0 Å². The summed E-state index contributed by atoms with van der Waals surface area (Å²) in [5.74, 6) is 0.524. The van der Waals surface area contributed by atoms with Gasteiger partial charge in [0.2, 0.25) is 5.91 Å². The molecule has 0 aliphatic heterocycles. The van der Waals surface area contributed by atoms with E-state index in [1.54, 1.807) is 12.1 Å². The van der Waals surface area contributed by atoms with Crippen LogP contribution < -0.4 is 10.9 Å². The lowest BCUT2D eigenvalue weighted by Gasteiger charge is -2.06. The summed E-state index contributed by atoms with van der Waals surface area (Å²) in [7, 11) is 0. The van der Waals surface area contributed by atoms with E-state index in [1.165, 1.54) is 28.7 Å². The van der Waals surface area contributed by atoms with E-state index < -0.39 is 0 Å². The molecule has 0 bridgehead atoms. The summed E-state index contributed by atoms with van der Waals surface area (Å²) < 4.78 is 0.873.